The summed E-state index contributed by atoms with van der Waals surface area (Å²) in [5, 5.41) is 14.5. The van der Waals surface area contributed by atoms with E-state index in [1.807, 2.05) is 12.3 Å². The molecule has 0 atom stereocenters. The Morgan fingerprint density at radius 1 is 1.03 bits per heavy atom. The van der Waals surface area contributed by atoms with Crippen molar-refractivity contribution >= 4 is 16.9 Å². The van der Waals surface area contributed by atoms with Crippen molar-refractivity contribution in [1.29, 1.82) is 0 Å². The fourth-order valence-electron chi connectivity index (χ4n) is 4.42. The summed E-state index contributed by atoms with van der Waals surface area (Å²) in [5.41, 5.74) is 3.67. The molecular formula is C25H23F2N5O3. The highest BCUT2D eigenvalue weighted by molar-refractivity contribution is 6.03. The molecule has 10 heteroatoms. The molecule has 0 amide bonds. The molecular weight excluding hydrogens is 456 g/mol. The van der Waals surface area contributed by atoms with Crippen molar-refractivity contribution in [3.8, 4) is 22.7 Å². The van der Waals surface area contributed by atoms with Gasteiger partial charge >= 0.3 is 12.6 Å². The molecule has 0 unspecified atom stereocenters. The summed E-state index contributed by atoms with van der Waals surface area (Å²) < 4.78 is 30.5. The number of pyridine rings is 2. The number of piperidine rings is 1. The van der Waals surface area contributed by atoms with Crippen molar-refractivity contribution in [3.05, 3.63) is 66.2 Å². The number of halogens is 2. The van der Waals surface area contributed by atoms with Gasteiger partial charge in [-0.2, -0.15) is 13.9 Å². The first-order chi connectivity index (χ1) is 17.0. The second-order valence-electron chi connectivity index (χ2n) is 8.45. The highest BCUT2D eigenvalue weighted by Crippen LogP contribution is 2.29. The molecule has 1 aromatic carbocycles. The molecule has 4 aromatic rings. The van der Waals surface area contributed by atoms with Crippen LogP contribution in [-0.4, -0.2) is 55.4 Å². The molecule has 3 aromatic heterocycles. The second-order valence-corrected chi connectivity index (χ2v) is 8.45. The van der Waals surface area contributed by atoms with Gasteiger partial charge in [0, 0.05) is 36.0 Å². The van der Waals surface area contributed by atoms with Crippen LogP contribution in [0.25, 0.3) is 27.7 Å². The normalized spacial score (nSPS) is 14.5. The number of benzene rings is 1. The largest absolute Gasteiger partial charge is 0.476 e. The maximum atomic E-state index is 12.4. The summed E-state index contributed by atoms with van der Waals surface area (Å²) in [5.74, 6) is -1.41. The summed E-state index contributed by atoms with van der Waals surface area (Å²) in [6, 6.07) is 10.3. The van der Waals surface area contributed by atoms with Gasteiger partial charge in [0.25, 0.3) is 0 Å². The van der Waals surface area contributed by atoms with Crippen LogP contribution in [-0.2, 0) is 6.54 Å². The molecule has 0 aliphatic carbocycles. The van der Waals surface area contributed by atoms with Gasteiger partial charge in [-0.15, -0.1) is 0 Å². The van der Waals surface area contributed by atoms with Crippen LogP contribution in [0.5, 0.6) is 5.88 Å². The van der Waals surface area contributed by atoms with Crippen molar-refractivity contribution in [1.82, 2.24) is 24.6 Å². The Hall–Kier alpha value is -3.92. The number of likely N-dealkylation sites (tertiary alicyclic amines) is 1. The zero-order valence-corrected chi connectivity index (χ0v) is 18.8. The van der Waals surface area contributed by atoms with Gasteiger partial charge in [-0.25, -0.2) is 14.5 Å². The predicted octanol–water partition coefficient (Wildman–Crippen LogP) is 4.77. The lowest BCUT2D eigenvalue weighted by Gasteiger charge is -2.26. The SMILES string of the molecule is O=C(O)c1nn(-c2ccc(OC(F)F)nc2)c2ccc(-c3cncc(CN4CCCCC4)c3)cc12. The van der Waals surface area contributed by atoms with Gasteiger partial charge in [-0.1, -0.05) is 12.5 Å². The van der Waals surface area contributed by atoms with Crippen LogP contribution in [0.15, 0.2) is 55.0 Å². The molecule has 0 bridgehead atoms. The molecule has 180 valence electrons. The number of aromatic nitrogens is 4. The summed E-state index contributed by atoms with van der Waals surface area (Å²) in [6.07, 6.45) is 8.63. The van der Waals surface area contributed by atoms with Crippen molar-refractivity contribution < 1.29 is 23.4 Å². The Morgan fingerprint density at radius 2 is 1.86 bits per heavy atom. The number of nitrogens with zero attached hydrogens (tertiary/aromatic N) is 5. The highest BCUT2D eigenvalue weighted by Gasteiger charge is 2.19. The van der Waals surface area contributed by atoms with E-state index in [1.54, 1.807) is 18.3 Å². The number of carboxylic acid groups (broad SMARTS) is 1. The van der Waals surface area contributed by atoms with Crippen LogP contribution in [0.1, 0.15) is 35.3 Å². The van der Waals surface area contributed by atoms with E-state index in [4.69, 9.17) is 0 Å². The quantitative estimate of drug-likeness (QED) is 0.408. The first-order valence-electron chi connectivity index (χ1n) is 11.3. The van der Waals surface area contributed by atoms with Gasteiger partial charge in [-0.05, 0) is 61.3 Å². The van der Waals surface area contributed by atoms with Gasteiger partial charge < -0.3 is 9.84 Å². The molecule has 1 aliphatic rings. The zero-order valence-electron chi connectivity index (χ0n) is 18.8. The monoisotopic (exact) mass is 479 g/mol. The maximum Gasteiger partial charge on any atom is 0.388 e. The molecule has 1 N–H and O–H groups in total. The first kappa shape index (κ1) is 22.9. The van der Waals surface area contributed by atoms with Crippen molar-refractivity contribution in [3.63, 3.8) is 0 Å². The Balaban J connectivity index is 1.49. The Bertz CT molecular complexity index is 1350. The number of fused-ring (bicyclic) bond motifs is 1. The number of hydrogen-bond acceptors (Lipinski definition) is 6. The predicted molar refractivity (Wildman–Crippen MR) is 125 cm³/mol. The Morgan fingerprint density at radius 3 is 2.57 bits per heavy atom. The summed E-state index contributed by atoms with van der Waals surface area (Å²) >= 11 is 0. The molecule has 5 rings (SSSR count). The summed E-state index contributed by atoms with van der Waals surface area (Å²) in [6.45, 7) is 0.0199. The number of alkyl halides is 2. The van der Waals surface area contributed by atoms with Gasteiger partial charge in [0.05, 0.1) is 17.4 Å². The number of hydrogen-bond donors (Lipinski definition) is 1. The molecule has 8 nitrogen and oxygen atoms in total. The number of ether oxygens (including phenoxy) is 1. The maximum absolute atomic E-state index is 12.4. The van der Waals surface area contributed by atoms with Crippen LogP contribution >= 0.6 is 0 Å². The van der Waals surface area contributed by atoms with E-state index in [2.05, 4.69) is 30.8 Å². The number of rotatable bonds is 7. The average molecular weight is 479 g/mol. The molecule has 35 heavy (non-hydrogen) atoms. The minimum Gasteiger partial charge on any atom is -0.476 e. The van der Waals surface area contributed by atoms with Gasteiger partial charge in [0.1, 0.15) is 0 Å². The third-order valence-electron chi connectivity index (χ3n) is 6.04. The molecule has 4 heterocycles. The number of carboxylic acids is 1. The number of aromatic carboxylic acids is 1. The summed E-state index contributed by atoms with van der Waals surface area (Å²) in [4.78, 5) is 22.6. The molecule has 0 spiro atoms. The van der Waals surface area contributed by atoms with Crippen LogP contribution in [0.4, 0.5) is 8.78 Å². The molecule has 1 fully saturated rings. The second kappa shape index (κ2) is 9.75. The van der Waals surface area contributed by atoms with E-state index in [1.165, 1.54) is 42.3 Å². The minimum absolute atomic E-state index is 0.118. The lowest BCUT2D eigenvalue weighted by Crippen LogP contribution is -2.29. The highest BCUT2D eigenvalue weighted by atomic mass is 19.3. The van der Waals surface area contributed by atoms with E-state index < -0.39 is 12.6 Å². The smallest absolute Gasteiger partial charge is 0.388 e. The Kier molecular flexibility index (Phi) is 6.37. The van der Waals surface area contributed by atoms with Gasteiger partial charge in [0.15, 0.2) is 5.69 Å². The molecule has 0 radical (unpaired) electrons. The zero-order chi connectivity index (χ0) is 24.4. The van der Waals surface area contributed by atoms with Crippen LogP contribution in [0.3, 0.4) is 0 Å². The fraction of sp³-hybridized carbons (Fsp3) is 0.280. The van der Waals surface area contributed by atoms with E-state index in [9.17, 15) is 18.7 Å². The first-order valence-corrected chi connectivity index (χ1v) is 11.3. The Labute approximate surface area is 199 Å². The standard InChI is InChI=1S/C25H23F2N5O3/c26-25(27)35-22-7-5-19(14-29-22)32-21-6-4-17(11-20(21)23(30-32)24(33)34)18-10-16(12-28-13-18)15-31-8-2-1-3-9-31/h4-7,10-14,25H,1-3,8-9,15H2,(H,33,34). The third-order valence-corrected chi connectivity index (χ3v) is 6.04. The molecule has 1 aliphatic heterocycles. The van der Waals surface area contributed by atoms with E-state index in [0.29, 0.717) is 16.6 Å². The molecule has 1 saturated heterocycles. The van der Waals surface area contributed by atoms with Gasteiger partial charge in [-0.3, -0.25) is 9.88 Å². The third kappa shape index (κ3) is 4.97. The van der Waals surface area contributed by atoms with Crippen molar-refractivity contribution in [2.75, 3.05) is 13.1 Å². The van der Waals surface area contributed by atoms with Crippen molar-refractivity contribution in [2.45, 2.75) is 32.4 Å². The fourth-order valence-corrected chi connectivity index (χ4v) is 4.42. The van der Waals surface area contributed by atoms with Crippen LogP contribution < -0.4 is 4.74 Å². The van der Waals surface area contributed by atoms with Crippen LogP contribution in [0, 0.1) is 0 Å². The lowest BCUT2D eigenvalue weighted by atomic mass is 10.0. The average Bonchev–Trinajstić information content (AvgIpc) is 3.24. The van der Waals surface area contributed by atoms with E-state index in [-0.39, 0.29) is 11.6 Å². The van der Waals surface area contributed by atoms with Gasteiger partial charge in [0.2, 0.25) is 5.88 Å². The minimum atomic E-state index is -2.98. The van der Waals surface area contributed by atoms with Crippen molar-refractivity contribution in [2.24, 2.45) is 0 Å². The van der Waals surface area contributed by atoms with E-state index in [0.717, 1.165) is 36.3 Å². The van der Waals surface area contributed by atoms with Crippen LogP contribution in [0.2, 0.25) is 0 Å². The lowest BCUT2D eigenvalue weighted by molar-refractivity contribution is -0.0528. The summed E-state index contributed by atoms with van der Waals surface area (Å²) in [7, 11) is 0. The topological polar surface area (TPSA) is 93.4 Å². The van der Waals surface area contributed by atoms with E-state index >= 15 is 0 Å². The number of carbonyl (C=O) groups is 1. The molecule has 0 saturated carbocycles.